The molecule has 0 aliphatic carbocycles. The van der Waals surface area contributed by atoms with Crippen LogP contribution in [0.4, 0.5) is 0 Å². The van der Waals surface area contributed by atoms with Gasteiger partial charge in [-0.25, -0.2) is 4.98 Å². The van der Waals surface area contributed by atoms with Crippen LogP contribution >= 0.6 is 0 Å². The molecule has 0 aliphatic heterocycles. The van der Waals surface area contributed by atoms with Crippen LogP contribution in [0.15, 0.2) is 12.3 Å². The number of hydrogen-bond donors (Lipinski definition) is 0. The molecule has 0 aromatic carbocycles. The molecular weight excluding hydrogens is 321 g/mol. The van der Waals surface area contributed by atoms with E-state index in [1.165, 1.54) is 0 Å². The molecule has 104 valence electrons. The predicted molar refractivity (Wildman–Crippen MR) is 69.3 cm³/mol. The van der Waals surface area contributed by atoms with Crippen LogP contribution in [0.1, 0.15) is 40.3 Å². The smallest absolute Gasteiger partial charge is 0.214 e. The zero-order valence-corrected chi connectivity index (χ0v) is 13.3. The fraction of sp³-hybridized carbons (Fsp3) is 0.538. The minimum absolute atomic E-state index is 0. The van der Waals surface area contributed by atoms with Crippen molar-refractivity contribution in [3.8, 4) is 5.88 Å². The van der Waals surface area contributed by atoms with E-state index in [1.807, 2.05) is 47.6 Å². The Morgan fingerprint density at radius 2 is 1.83 bits per heavy atom. The van der Waals surface area contributed by atoms with E-state index in [4.69, 9.17) is 4.74 Å². The molecule has 0 fully saturated rings. The molecule has 2 aromatic rings. The molecule has 2 rings (SSSR count). The molecule has 0 amide bonds. The summed E-state index contributed by atoms with van der Waals surface area (Å²) < 4.78 is 5.67. The maximum Gasteiger partial charge on any atom is 0.214 e. The van der Waals surface area contributed by atoms with Gasteiger partial charge in [-0.1, -0.05) is 19.4 Å². The first kappa shape index (κ1) is 17.1. The molecule has 0 saturated heterocycles. The largest absolute Gasteiger partial charge is 0.573 e. The van der Waals surface area contributed by atoms with Crippen molar-refractivity contribution in [3.05, 3.63) is 18.0 Å². The third kappa shape index (κ3) is 4.40. The third-order valence-electron chi connectivity index (χ3n) is 1.97. The van der Waals surface area contributed by atoms with E-state index < -0.39 is 0 Å². The summed E-state index contributed by atoms with van der Waals surface area (Å²) >= 11 is 0. The summed E-state index contributed by atoms with van der Waals surface area (Å²) in [7, 11) is 0. The molecule has 18 heavy (non-hydrogen) atoms. The van der Waals surface area contributed by atoms with Gasteiger partial charge in [0, 0.05) is 38.4 Å². The van der Waals surface area contributed by atoms with Crippen molar-refractivity contribution in [1.29, 1.82) is 0 Å². The van der Waals surface area contributed by atoms with E-state index in [1.54, 1.807) is 6.20 Å². The Morgan fingerprint density at radius 1 is 1.22 bits per heavy atom. The second-order valence-corrected chi connectivity index (χ2v) is 4.54. The first-order valence-electron chi connectivity index (χ1n) is 5.90. The monoisotopic (exact) mass is 340 g/mol. The molecule has 0 unspecified atom stereocenters. The molecule has 0 aliphatic rings. The summed E-state index contributed by atoms with van der Waals surface area (Å²) in [5.41, 5.74) is 1.49. The van der Waals surface area contributed by atoms with Crippen LogP contribution in [0, 0.1) is 6.92 Å². The van der Waals surface area contributed by atoms with E-state index in [0.29, 0.717) is 5.88 Å². The van der Waals surface area contributed by atoms with Crippen molar-refractivity contribution in [3.63, 3.8) is 0 Å². The van der Waals surface area contributed by atoms with E-state index >= 15 is 0 Å². The number of aromatic nitrogens is 3. The van der Waals surface area contributed by atoms with Gasteiger partial charge in [0.2, 0.25) is 5.88 Å². The van der Waals surface area contributed by atoms with Gasteiger partial charge >= 0.3 is 0 Å². The van der Waals surface area contributed by atoms with Crippen LogP contribution in [-0.2, 0) is 20.4 Å². The summed E-state index contributed by atoms with van der Waals surface area (Å²) in [6, 6.07) is 1.88. The van der Waals surface area contributed by atoms with Gasteiger partial charge < -0.3 is 14.9 Å². The van der Waals surface area contributed by atoms with Crippen LogP contribution in [-0.4, -0.2) is 15.7 Å². The number of rotatable bonds is 1. The molecule has 2 heterocycles. The molecule has 5 heteroatoms. The predicted octanol–water partition coefficient (Wildman–Crippen LogP) is 3.10. The maximum atomic E-state index is 5.67. The molecule has 0 saturated carbocycles. The van der Waals surface area contributed by atoms with Crippen molar-refractivity contribution in [2.45, 2.75) is 47.1 Å². The van der Waals surface area contributed by atoms with Crippen molar-refractivity contribution >= 4 is 10.9 Å². The third-order valence-corrected chi connectivity index (χ3v) is 1.97. The topological polar surface area (TPSA) is 49.1 Å². The zero-order valence-electron chi connectivity index (χ0n) is 11.7. The summed E-state index contributed by atoms with van der Waals surface area (Å²) in [4.78, 5) is 4.18. The van der Waals surface area contributed by atoms with Gasteiger partial charge in [-0.05, 0) is 33.1 Å². The average Bonchev–Trinajstić information content (AvgIpc) is 2.61. The van der Waals surface area contributed by atoms with Gasteiger partial charge in [-0.3, -0.25) is 0 Å². The van der Waals surface area contributed by atoms with Gasteiger partial charge in [0.05, 0.1) is 0 Å². The number of nitrogens with zero attached hydrogens (tertiary/aromatic N) is 3. The minimum Gasteiger partial charge on any atom is -0.573 e. The molecule has 0 spiro atoms. The molecule has 2 aromatic heterocycles. The normalized spacial score (nSPS) is 10.3. The Bertz CT molecular complexity index is 488. The summed E-state index contributed by atoms with van der Waals surface area (Å²) in [5, 5.41) is 8.98. The number of fused-ring (bicyclic) bond motifs is 1. The second-order valence-electron chi connectivity index (χ2n) is 4.54. The van der Waals surface area contributed by atoms with Gasteiger partial charge in [0.1, 0.15) is 5.60 Å². The molecule has 0 N–H and O–H groups in total. The fourth-order valence-electron chi connectivity index (χ4n) is 1.35. The molecule has 0 bridgehead atoms. The zero-order chi connectivity index (χ0) is 13.1. The second kappa shape index (κ2) is 6.87. The van der Waals surface area contributed by atoms with Crippen molar-refractivity contribution in [2.75, 3.05) is 0 Å². The Morgan fingerprint density at radius 3 is 2.39 bits per heavy atom. The van der Waals surface area contributed by atoms with Crippen molar-refractivity contribution in [1.82, 2.24) is 15.2 Å². The Labute approximate surface area is 122 Å². The van der Waals surface area contributed by atoms with Crippen molar-refractivity contribution < 1.29 is 25.2 Å². The first-order chi connectivity index (χ1) is 7.96. The Balaban J connectivity index is 0.000000917. The molecule has 4 nitrogen and oxygen atoms in total. The Kier molecular flexibility index (Phi) is 6.52. The number of hydrogen-bond acceptors (Lipinski definition) is 3. The Hall–Kier alpha value is -0.918. The maximum absolute atomic E-state index is 5.67. The summed E-state index contributed by atoms with van der Waals surface area (Å²) in [6.45, 7) is 11.9. The van der Waals surface area contributed by atoms with Gasteiger partial charge in [0.25, 0.3) is 0 Å². The number of ether oxygens (including phenoxy) is 1. The van der Waals surface area contributed by atoms with E-state index in [2.05, 4.69) is 15.2 Å². The minimum atomic E-state index is -0.234. The van der Waals surface area contributed by atoms with E-state index in [9.17, 15) is 0 Å². The van der Waals surface area contributed by atoms with Crippen LogP contribution in [0.2, 0.25) is 0 Å². The van der Waals surface area contributed by atoms with Crippen LogP contribution in [0.3, 0.4) is 0 Å². The van der Waals surface area contributed by atoms with Crippen LogP contribution in [0.25, 0.3) is 10.9 Å². The van der Waals surface area contributed by atoms with Gasteiger partial charge in [0.15, 0.2) is 0 Å². The molecule has 0 radical (unpaired) electrons. The quantitative estimate of drug-likeness (QED) is 0.748. The van der Waals surface area contributed by atoms with Gasteiger partial charge in [-0.2, -0.15) is 0 Å². The van der Waals surface area contributed by atoms with Crippen LogP contribution in [0.5, 0.6) is 5.88 Å². The molecule has 0 atom stereocenters. The summed E-state index contributed by atoms with van der Waals surface area (Å²) in [6.07, 6.45) is 1.69. The number of aryl methyl sites for hydroxylation is 1. The molecular formula is C13H20N3OPd-. The fourth-order valence-corrected chi connectivity index (χ4v) is 1.35. The van der Waals surface area contributed by atoms with Gasteiger partial charge in [-0.15, -0.1) is 0 Å². The number of pyridine rings is 1. The first-order valence-corrected chi connectivity index (χ1v) is 5.90. The summed E-state index contributed by atoms with van der Waals surface area (Å²) in [5.74, 6) is 0.618. The SMILES string of the molecule is CC.Cc1n[n-]c2cnc(OC(C)(C)C)cc12.[Pd]. The van der Waals surface area contributed by atoms with E-state index in [-0.39, 0.29) is 26.0 Å². The van der Waals surface area contributed by atoms with Crippen LogP contribution < -0.4 is 9.84 Å². The van der Waals surface area contributed by atoms with Crippen molar-refractivity contribution in [2.24, 2.45) is 0 Å². The standard InChI is InChI=1S/C11H14N3O.C2H6.Pd/c1-7-8-5-10(15-11(2,3)4)12-6-9(8)14-13-7;1-2;/h5-6H,1-4H3;1-2H3;/q-1;;. The van der Waals surface area contributed by atoms with E-state index in [0.717, 1.165) is 16.6 Å². The average molecular weight is 341 g/mol.